The summed E-state index contributed by atoms with van der Waals surface area (Å²) in [6, 6.07) is 15.5. The Morgan fingerprint density at radius 3 is 2.37 bits per heavy atom. The zero-order valence-corrected chi connectivity index (χ0v) is 21.0. The summed E-state index contributed by atoms with van der Waals surface area (Å²) in [5.41, 5.74) is 0.938. The molecular weight excluding hydrogens is 447 g/mol. The third-order valence-electron chi connectivity index (χ3n) is 5.47. The highest BCUT2D eigenvalue weighted by Gasteiger charge is 2.18. The first-order valence-corrected chi connectivity index (χ1v) is 12.4. The largest absolute Gasteiger partial charge is 0.493 e. The summed E-state index contributed by atoms with van der Waals surface area (Å²) in [6.07, 6.45) is 6.49. The van der Waals surface area contributed by atoms with Gasteiger partial charge in [-0.1, -0.05) is 62.1 Å². The maximum Gasteiger partial charge on any atom is 0.308 e. The van der Waals surface area contributed by atoms with E-state index >= 15 is 0 Å². The van der Waals surface area contributed by atoms with Crippen LogP contribution >= 0.6 is 0 Å². The van der Waals surface area contributed by atoms with Crippen LogP contribution in [0.2, 0.25) is 0 Å². The number of hydrogen-bond acceptors (Lipinski definition) is 5. The molecule has 0 radical (unpaired) electrons. The quantitative estimate of drug-likeness (QED) is 0.248. The van der Waals surface area contributed by atoms with Crippen LogP contribution in [-0.4, -0.2) is 50.1 Å². The molecule has 7 heteroatoms. The van der Waals surface area contributed by atoms with Crippen molar-refractivity contribution in [2.75, 3.05) is 27.2 Å². The highest BCUT2D eigenvalue weighted by atomic mass is 19.1. The number of unbranched alkanes of at least 4 members (excludes halogenated alkanes) is 5. The Balaban J connectivity index is 1.55. The first-order chi connectivity index (χ1) is 16.9. The summed E-state index contributed by atoms with van der Waals surface area (Å²) < 4.78 is 24.0. The molecule has 0 aliphatic heterocycles. The lowest BCUT2D eigenvalue weighted by molar-refractivity contribution is -0.145. The van der Waals surface area contributed by atoms with Gasteiger partial charge in [-0.2, -0.15) is 0 Å². The van der Waals surface area contributed by atoms with E-state index in [2.05, 4.69) is 5.32 Å². The van der Waals surface area contributed by atoms with Gasteiger partial charge < -0.3 is 19.7 Å². The Bertz CT molecular complexity index is 876. The van der Waals surface area contributed by atoms with E-state index in [0.29, 0.717) is 25.3 Å². The van der Waals surface area contributed by atoms with E-state index in [-0.39, 0.29) is 36.8 Å². The molecular formula is C28H39FN2O4. The number of rotatable bonds is 17. The third-order valence-corrected chi connectivity index (χ3v) is 5.47. The van der Waals surface area contributed by atoms with Gasteiger partial charge in [0.1, 0.15) is 18.2 Å². The van der Waals surface area contributed by atoms with Gasteiger partial charge in [0.2, 0.25) is 5.91 Å². The first kappa shape index (κ1) is 28.3. The number of hydrogen-bond donors (Lipinski definition) is 1. The molecule has 0 aliphatic carbocycles. The molecule has 0 saturated carbocycles. The van der Waals surface area contributed by atoms with Crippen LogP contribution in [0.1, 0.15) is 56.9 Å². The summed E-state index contributed by atoms with van der Waals surface area (Å²) in [5, 5.41) is 2.99. The van der Waals surface area contributed by atoms with Crippen molar-refractivity contribution >= 4 is 11.9 Å². The smallest absolute Gasteiger partial charge is 0.308 e. The number of carbonyl (C=O) groups excluding carboxylic acids is 2. The van der Waals surface area contributed by atoms with Crippen molar-refractivity contribution in [3.63, 3.8) is 0 Å². The normalized spacial score (nSPS) is 11.8. The summed E-state index contributed by atoms with van der Waals surface area (Å²) in [4.78, 5) is 26.6. The highest BCUT2D eigenvalue weighted by Crippen LogP contribution is 2.13. The number of amides is 1. The number of benzene rings is 2. The molecule has 1 N–H and O–H groups in total. The monoisotopic (exact) mass is 486 g/mol. The van der Waals surface area contributed by atoms with Gasteiger partial charge in [0.05, 0.1) is 19.1 Å². The molecule has 0 unspecified atom stereocenters. The Kier molecular flexibility index (Phi) is 13.5. The molecule has 0 heterocycles. The van der Waals surface area contributed by atoms with Gasteiger partial charge in [0.15, 0.2) is 0 Å². The Labute approximate surface area is 208 Å². The molecule has 1 atom stereocenters. The van der Waals surface area contributed by atoms with Gasteiger partial charge in [0.25, 0.3) is 0 Å². The number of nitrogens with zero attached hydrogens (tertiary/aromatic N) is 1. The van der Waals surface area contributed by atoms with Gasteiger partial charge >= 0.3 is 5.97 Å². The van der Waals surface area contributed by atoms with Crippen molar-refractivity contribution < 1.29 is 23.5 Å². The summed E-state index contributed by atoms with van der Waals surface area (Å²) >= 11 is 0. The van der Waals surface area contributed by atoms with E-state index in [4.69, 9.17) is 9.47 Å². The Morgan fingerprint density at radius 1 is 0.943 bits per heavy atom. The average molecular weight is 487 g/mol. The van der Waals surface area contributed by atoms with Crippen LogP contribution in [0.15, 0.2) is 54.6 Å². The minimum atomic E-state index is -0.317. The molecule has 0 saturated heterocycles. The molecule has 0 aliphatic rings. The number of halogens is 1. The van der Waals surface area contributed by atoms with Crippen LogP contribution in [0, 0.1) is 5.82 Å². The van der Waals surface area contributed by atoms with Crippen LogP contribution in [0.5, 0.6) is 5.75 Å². The van der Waals surface area contributed by atoms with Crippen molar-refractivity contribution in [3.8, 4) is 5.75 Å². The fraction of sp³-hybridized carbons (Fsp3) is 0.500. The van der Waals surface area contributed by atoms with Crippen molar-refractivity contribution in [2.45, 2.75) is 64.0 Å². The maximum atomic E-state index is 13.1. The molecule has 0 fully saturated rings. The van der Waals surface area contributed by atoms with E-state index in [1.165, 1.54) is 12.1 Å². The fourth-order valence-electron chi connectivity index (χ4n) is 3.74. The van der Waals surface area contributed by atoms with Crippen molar-refractivity contribution in [2.24, 2.45) is 0 Å². The van der Waals surface area contributed by atoms with Gasteiger partial charge in [-0.3, -0.25) is 9.59 Å². The molecule has 35 heavy (non-hydrogen) atoms. The summed E-state index contributed by atoms with van der Waals surface area (Å²) in [5.74, 6) is -0.0748. The van der Waals surface area contributed by atoms with E-state index in [0.717, 1.165) is 44.1 Å². The second-order valence-corrected chi connectivity index (χ2v) is 9.05. The second kappa shape index (κ2) is 16.7. The van der Waals surface area contributed by atoms with Crippen molar-refractivity contribution in [1.82, 2.24) is 10.2 Å². The molecule has 2 rings (SSSR count). The SMILES string of the molecule is CN(C)C[C@@H](CC(=O)OCc1ccccc1)NC(=O)CCCCCCCCOc1cccc(F)c1. The fourth-order valence-corrected chi connectivity index (χ4v) is 3.74. The molecule has 1 amide bonds. The predicted octanol–water partition coefficient (Wildman–Crippen LogP) is 5.12. The standard InChI is InChI=1S/C28H39FN2O4/c1-31(2)21-25(20-28(33)35-22-23-13-8-7-9-14-23)30-27(32)17-10-5-3-4-6-11-18-34-26-16-12-15-24(29)19-26/h7-9,12-16,19,25H,3-6,10-11,17-18,20-22H2,1-2H3,(H,30,32)/t25-/m1/s1. The zero-order chi connectivity index (χ0) is 25.3. The predicted molar refractivity (Wildman–Crippen MR) is 136 cm³/mol. The molecule has 0 aromatic heterocycles. The first-order valence-electron chi connectivity index (χ1n) is 12.4. The lowest BCUT2D eigenvalue weighted by Gasteiger charge is -2.22. The van der Waals surface area contributed by atoms with Crippen LogP contribution in [0.25, 0.3) is 0 Å². The lowest BCUT2D eigenvalue weighted by Crippen LogP contribution is -2.43. The number of nitrogens with one attached hydrogen (secondary N) is 1. The van der Waals surface area contributed by atoms with Crippen molar-refractivity contribution in [3.05, 3.63) is 66.0 Å². The van der Waals surface area contributed by atoms with E-state index in [9.17, 15) is 14.0 Å². The van der Waals surface area contributed by atoms with Gasteiger partial charge in [0, 0.05) is 19.0 Å². The molecule has 0 spiro atoms. The minimum absolute atomic E-state index is 0.0313. The molecule has 192 valence electrons. The second-order valence-electron chi connectivity index (χ2n) is 9.05. The highest BCUT2D eigenvalue weighted by molar-refractivity contribution is 5.77. The zero-order valence-electron chi connectivity index (χ0n) is 21.0. The Hall–Kier alpha value is -2.93. The lowest BCUT2D eigenvalue weighted by atomic mass is 10.1. The molecule has 2 aromatic rings. The molecule has 6 nitrogen and oxygen atoms in total. The van der Waals surface area contributed by atoms with Gasteiger partial charge in [-0.25, -0.2) is 4.39 Å². The van der Waals surface area contributed by atoms with Crippen LogP contribution < -0.4 is 10.1 Å². The van der Waals surface area contributed by atoms with E-state index in [1.807, 2.05) is 49.3 Å². The van der Waals surface area contributed by atoms with E-state index in [1.54, 1.807) is 12.1 Å². The van der Waals surface area contributed by atoms with Crippen LogP contribution in [-0.2, 0) is 20.9 Å². The number of likely N-dealkylation sites (N-methyl/N-ethyl adjacent to an activating group) is 1. The van der Waals surface area contributed by atoms with Gasteiger partial charge in [-0.05, 0) is 44.6 Å². The third kappa shape index (κ3) is 13.5. The number of esters is 1. The van der Waals surface area contributed by atoms with Crippen LogP contribution in [0.4, 0.5) is 4.39 Å². The molecule has 0 bridgehead atoms. The maximum absolute atomic E-state index is 13.1. The summed E-state index contributed by atoms with van der Waals surface area (Å²) in [7, 11) is 3.83. The number of ether oxygens (including phenoxy) is 2. The molecule has 2 aromatic carbocycles. The minimum Gasteiger partial charge on any atom is -0.493 e. The average Bonchev–Trinajstić information content (AvgIpc) is 2.82. The van der Waals surface area contributed by atoms with Crippen LogP contribution in [0.3, 0.4) is 0 Å². The topological polar surface area (TPSA) is 67.9 Å². The van der Waals surface area contributed by atoms with E-state index < -0.39 is 0 Å². The Morgan fingerprint density at radius 2 is 1.66 bits per heavy atom. The van der Waals surface area contributed by atoms with Gasteiger partial charge in [-0.15, -0.1) is 0 Å². The van der Waals surface area contributed by atoms with Crippen molar-refractivity contribution in [1.29, 1.82) is 0 Å². The summed E-state index contributed by atoms with van der Waals surface area (Å²) in [6.45, 7) is 1.38. The number of carbonyl (C=O) groups is 2.